The molecule has 0 aliphatic heterocycles. The van der Waals surface area contributed by atoms with Crippen molar-refractivity contribution in [3.8, 4) is 0 Å². The van der Waals surface area contributed by atoms with Crippen molar-refractivity contribution >= 4 is 11.8 Å². The third kappa shape index (κ3) is 19.9. The molecule has 2 aliphatic carbocycles. The first kappa shape index (κ1) is 35.5. The second-order valence-electron chi connectivity index (χ2n) is 13.1. The van der Waals surface area contributed by atoms with Crippen LogP contribution in [0.4, 0.5) is 0 Å². The van der Waals surface area contributed by atoms with Crippen molar-refractivity contribution in [3.63, 3.8) is 0 Å². The summed E-state index contributed by atoms with van der Waals surface area (Å²) >= 11 is 2.15. The van der Waals surface area contributed by atoms with Gasteiger partial charge in [-0.05, 0) is 38.5 Å². The van der Waals surface area contributed by atoms with Crippen LogP contribution in [0.2, 0.25) is 0 Å². The minimum atomic E-state index is 0.455. The minimum Gasteiger partial charge on any atom is -0.374 e. The van der Waals surface area contributed by atoms with E-state index in [1.165, 1.54) is 191 Å². The van der Waals surface area contributed by atoms with Gasteiger partial charge in [0.1, 0.15) is 0 Å². The molecule has 39 heavy (non-hydrogen) atoms. The fourth-order valence-electron chi connectivity index (χ4n) is 6.67. The Bertz CT molecular complexity index is 456. The zero-order valence-corrected chi connectivity index (χ0v) is 27.6. The molecule has 2 atom stereocenters. The van der Waals surface area contributed by atoms with E-state index < -0.39 is 0 Å². The maximum absolute atomic E-state index is 6.77. The molecule has 0 amide bonds. The number of ether oxygens (including phenoxy) is 2. The van der Waals surface area contributed by atoms with Gasteiger partial charge in [0.15, 0.2) is 0 Å². The summed E-state index contributed by atoms with van der Waals surface area (Å²) in [6.45, 7) is 4.62. The van der Waals surface area contributed by atoms with Crippen LogP contribution in [0.5, 0.6) is 0 Å². The highest BCUT2D eigenvalue weighted by atomic mass is 32.2. The molecule has 2 nitrogen and oxygen atoms in total. The molecule has 2 rings (SSSR count). The average molecular weight is 567 g/mol. The molecule has 0 aromatic carbocycles. The molecular weight excluding hydrogens is 496 g/mol. The first-order valence-corrected chi connectivity index (χ1v) is 19.4. The number of thioether (sulfide) groups is 1. The van der Waals surface area contributed by atoms with E-state index in [-0.39, 0.29) is 0 Å². The average Bonchev–Trinajstić information content (AvgIpc) is 2.96. The van der Waals surface area contributed by atoms with Gasteiger partial charge in [0.25, 0.3) is 0 Å². The summed E-state index contributed by atoms with van der Waals surface area (Å²) in [5.41, 5.74) is 0. The van der Waals surface area contributed by atoms with E-state index in [0.29, 0.717) is 24.4 Å². The predicted molar refractivity (Wildman–Crippen MR) is 175 cm³/mol. The Morgan fingerprint density at radius 1 is 0.462 bits per heavy atom. The van der Waals surface area contributed by atoms with Gasteiger partial charge < -0.3 is 9.47 Å². The van der Waals surface area contributed by atoms with Crippen molar-refractivity contribution in [2.45, 2.75) is 218 Å². The van der Waals surface area contributed by atoms with Crippen molar-refractivity contribution in [3.05, 3.63) is 0 Å². The molecule has 2 aliphatic rings. The second-order valence-corrected chi connectivity index (χ2v) is 14.2. The van der Waals surface area contributed by atoms with E-state index in [1.807, 2.05) is 0 Å². The van der Waals surface area contributed by atoms with Crippen molar-refractivity contribution in [2.75, 3.05) is 11.5 Å². The van der Waals surface area contributed by atoms with Crippen LogP contribution in [0.25, 0.3) is 0 Å². The Labute approximate surface area is 250 Å². The lowest BCUT2D eigenvalue weighted by atomic mass is 9.97. The minimum absolute atomic E-state index is 0.455. The molecule has 0 aromatic heterocycles. The van der Waals surface area contributed by atoms with Gasteiger partial charge in [-0.3, -0.25) is 0 Å². The molecule has 2 unspecified atom stereocenters. The number of hydrogen-bond acceptors (Lipinski definition) is 3. The van der Waals surface area contributed by atoms with Crippen LogP contribution in [0.1, 0.15) is 194 Å². The Hall–Kier alpha value is 0.270. The Morgan fingerprint density at radius 3 is 1.15 bits per heavy atom. The Balaban J connectivity index is 1.71. The smallest absolute Gasteiger partial charge is 0.0669 e. The van der Waals surface area contributed by atoms with Crippen LogP contribution >= 0.6 is 11.8 Å². The lowest BCUT2D eigenvalue weighted by Gasteiger charge is -2.29. The van der Waals surface area contributed by atoms with E-state index in [1.54, 1.807) is 0 Å². The van der Waals surface area contributed by atoms with Gasteiger partial charge in [-0.15, -0.1) is 0 Å². The largest absolute Gasteiger partial charge is 0.374 e. The van der Waals surface area contributed by atoms with E-state index in [4.69, 9.17) is 9.47 Å². The van der Waals surface area contributed by atoms with Gasteiger partial charge >= 0.3 is 0 Å². The monoisotopic (exact) mass is 567 g/mol. The van der Waals surface area contributed by atoms with Gasteiger partial charge in [-0.2, -0.15) is 11.8 Å². The zero-order valence-electron chi connectivity index (χ0n) is 26.7. The maximum atomic E-state index is 6.77. The number of rotatable bonds is 26. The molecule has 0 aromatic rings. The molecule has 0 bridgehead atoms. The second kappa shape index (κ2) is 25.9. The maximum Gasteiger partial charge on any atom is 0.0669 e. The molecular formula is C36H70O2S. The Kier molecular flexibility index (Phi) is 23.6. The standard InChI is InChI=1S/C36H70O2S/c1-3-5-7-9-11-13-15-19-29-35(37-33-25-21-17-22-26-33)31-39-32-36(38-34-27-23-18-24-28-34)30-20-16-14-12-10-8-6-4-2/h33-36H,3-32H2,1-2H3. The summed E-state index contributed by atoms with van der Waals surface area (Å²) in [6, 6.07) is 0. The van der Waals surface area contributed by atoms with Gasteiger partial charge in [0, 0.05) is 11.5 Å². The highest BCUT2D eigenvalue weighted by Gasteiger charge is 2.22. The van der Waals surface area contributed by atoms with Crippen LogP contribution < -0.4 is 0 Å². The molecule has 232 valence electrons. The Morgan fingerprint density at radius 2 is 0.795 bits per heavy atom. The quantitative estimate of drug-likeness (QED) is 0.0970. The number of hydrogen-bond donors (Lipinski definition) is 0. The normalized spacial score (nSPS) is 18.9. The molecule has 0 heterocycles. The highest BCUT2D eigenvalue weighted by Crippen LogP contribution is 2.27. The van der Waals surface area contributed by atoms with Crippen molar-refractivity contribution in [1.29, 1.82) is 0 Å². The van der Waals surface area contributed by atoms with Crippen LogP contribution in [0, 0.1) is 0 Å². The summed E-state index contributed by atoms with van der Waals surface area (Å²) in [4.78, 5) is 0. The SMILES string of the molecule is CCCCCCCCCCC(CSCC(CCCCCCCCCC)OC1CCCCC1)OC1CCCCC1. The van der Waals surface area contributed by atoms with E-state index in [2.05, 4.69) is 25.6 Å². The van der Waals surface area contributed by atoms with Crippen LogP contribution in [-0.2, 0) is 9.47 Å². The van der Waals surface area contributed by atoms with Crippen molar-refractivity contribution < 1.29 is 9.47 Å². The molecule has 3 heteroatoms. The van der Waals surface area contributed by atoms with Crippen molar-refractivity contribution in [2.24, 2.45) is 0 Å². The topological polar surface area (TPSA) is 18.5 Å². The highest BCUT2D eigenvalue weighted by molar-refractivity contribution is 7.99. The lowest BCUT2D eigenvalue weighted by Crippen LogP contribution is -2.28. The first-order chi connectivity index (χ1) is 19.3. The molecule has 2 saturated carbocycles. The number of unbranched alkanes of at least 4 members (excludes halogenated alkanes) is 14. The van der Waals surface area contributed by atoms with E-state index >= 15 is 0 Å². The summed E-state index contributed by atoms with van der Waals surface area (Å²) in [5, 5.41) is 0. The molecule has 0 saturated heterocycles. The predicted octanol–water partition coefficient (Wildman–Crippen LogP) is 12.2. The molecule has 0 spiro atoms. The lowest BCUT2D eigenvalue weighted by molar-refractivity contribution is -0.0252. The third-order valence-corrected chi connectivity index (χ3v) is 10.5. The van der Waals surface area contributed by atoms with E-state index in [0.717, 1.165) is 0 Å². The molecule has 2 fully saturated rings. The van der Waals surface area contributed by atoms with Gasteiger partial charge in [-0.1, -0.05) is 155 Å². The van der Waals surface area contributed by atoms with Gasteiger partial charge in [0.2, 0.25) is 0 Å². The fourth-order valence-corrected chi connectivity index (χ4v) is 7.82. The third-order valence-electron chi connectivity index (χ3n) is 9.24. The van der Waals surface area contributed by atoms with Crippen LogP contribution in [-0.4, -0.2) is 35.9 Å². The summed E-state index contributed by atoms with van der Waals surface area (Å²) in [6.07, 6.45) is 40.5. The van der Waals surface area contributed by atoms with Gasteiger partial charge in [-0.25, -0.2) is 0 Å². The summed E-state index contributed by atoms with van der Waals surface area (Å²) < 4.78 is 13.5. The van der Waals surface area contributed by atoms with Crippen molar-refractivity contribution in [1.82, 2.24) is 0 Å². The van der Waals surface area contributed by atoms with E-state index in [9.17, 15) is 0 Å². The summed E-state index contributed by atoms with van der Waals surface area (Å²) in [7, 11) is 0. The summed E-state index contributed by atoms with van der Waals surface area (Å²) in [5.74, 6) is 2.35. The zero-order chi connectivity index (χ0) is 27.6. The van der Waals surface area contributed by atoms with Crippen LogP contribution in [0.3, 0.4) is 0 Å². The molecule has 0 radical (unpaired) electrons. The fraction of sp³-hybridized carbons (Fsp3) is 1.00. The first-order valence-electron chi connectivity index (χ1n) is 18.2. The van der Waals surface area contributed by atoms with Gasteiger partial charge in [0.05, 0.1) is 24.4 Å². The molecule has 0 N–H and O–H groups in total. The van der Waals surface area contributed by atoms with Crippen LogP contribution in [0.15, 0.2) is 0 Å².